The van der Waals surface area contributed by atoms with Gasteiger partial charge in [0.2, 0.25) is 5.91 Å². The van der Waals surface area contributed by atoms with Gasteiger partial charge >= 0.3 is 0 Å². The maximum Gasteiger partial charge on any atom is 0.284 e. The number of hydrogen-bond acceptors (Lipinski definition) is 4. The van der Waals surface area contributed by atoms with Crippen LogP contribution in [0.5, 0.6) is 0 Å². The summed E-state index contributed by atoms with van der Waals surface area (Å²) in [6, 6.07) is 18.0. The maximum absolute atomic E-state index is 12.7. The van der Waals surface area contributed by atoms with Gasteiger partial charge in [0.1, 0.15) is 11.7 Å². The average molecular weight is 363 g/mol. The van der Waals surface area contributed by atoms with Gasteiger partial charge in [-0.05, 0) is 17.7 Å². The van der Waals surface area contributed by atoms with Crippen molar-refractivity contribution in [1.82, 2.24) is 25.3 Å². The standard InChI is InChI=1S/C20H21N5O2/c1-24(2)20(27)18(15-9-5-3-6-10-15)22-23-19(26)17-13-21-14-25(17)16-11-7-4-8-12-16/h3-14,18,22H,1-2H3,(H,23,26)/t18-/m1/s1. The van der Waals surface area contributed by atoms with Gasteiger partial charge in [-0.1, -0.05) is 48.5 Å². The second kappa shape index (κ2) is 8.29. The van der Waals surface area contributed by atoms with Crippen molar-refractivity contribution in [2.24, 2.45) is 0 Å². The molecule has 0 saturated heterocycles. The molecule has 0 aliphatic carbocycles. The molecule has 7 nitrogen and oxygen atoms in total. The van der Waals surface area contributed by atoms with E-state index in [9.17, 15) is 9.59 Å². The summed E-state index contributed by atoms with van der Waals surface area (Å²) in [4.78, 5) is 30.7. The molecule has 1 heterocycles. The van der Waals surface area contributed by atoms with Crippen molar-refractivity contribution < 1.29 is 9.59 Å². The van der Waals surface area contributed by atoms with E-state index >= 15 is 0 Å². The molecule has 138 valence electrons. The Kier molecular flexibility index (Phi) is 5.63. The van der Waals surface area contributed by atoms with Gasteiger partial charge < -0.3 is 4.90 Å². The summed E-state index contributed by atoms with van der Waals surface area (Å²) in [7, 11) is 3.35. The minimum atomic E-state index is -0.696. The molecule has 0 unspecified atom stereocenters. The fourth-order valence-corrected chi connectivity index (χ4v) is 2.65. The van der Waals surface area contributed by atoms with Crippen LogP contribution in [0.4, 0.5) is 0 Å². The van der Waals surface area contributed by atoms with Crippen LogP contribution in [0.3, 0.4) is 0 Å². The van der Waals surface area contributed by atoms with Gasteiger partial charge in [-0.3, -0.25) is 19.6 Å². The van der Waals surface area contributed by atoms with E-state index in [1.165, 1.54) is 11.1 Å². The van der Waals surface area contributed by atoms with Crippen LogP contribution in [-0.2, 0) is 4.79 Å². The molecule has 1 aromatic heterocycles. The molecule has 0 fully saturated rings. The molecule has 0 saturated carbocycles. The molecule has 2 amide bonds. The van der Waals surface area contributed by atoms with Gasteiger partial charge in [-0.25, -0.2) is 10.4 Å². The number of likely N-dealkylation sites (N-methyl/N-ethyl adjacent to an activating group) is 1. The minimum Gasteiger partial charge on any atom is -0.347 e. The van der Waals surface area contributed by atoms with Crippen LogP contribution in [0.1, 0.15) is 22.1 Å². The Bertz CT molecular complexity index is 906. The molecule has 27 heavy (non-hydrogen) atoms. The second-order valence-electron chi connectivity index (χ2n) is 6.16. The Morgan fingerprint density at radius 2 is 1.63 bits per heavy atom. The fourth-order valence-electron chi connectivity index (χ4n) is 2.65. The highest BCUT2D eigenvalue weighted by Crippen LogP contribution is 2.15. The number of nitrogens with zero attached hydrogens (tertiary/aromatic N) is 3. The van der Waals surface area contributed by atoms with Crippen molar-refractivity contribution in [1.29, 1.82) is 0 Å². The second-order valence-corrected chi connectivity index (χ2v) is 6.16. The molecule has 7 heteroatoms. The van der Waals surface area contributed by atoms with E-state index in [2.05, 4.69) is 15.8 Å². The number of aromatic nitrogens is 2. The van der Waals surface area contributed by atoms with E-state index in [4.69, 9.17) is 0 Å². The molecule has 0 radical (unpaired) electrons. The van der Waals surface area contributed by atoms with E-state index in [-0.39, 0.29) is 11.8 Å². The zero-order chi connectivity index (χ0) is 19.2. The summed E-state index contributed by atoms with van der Waals surface area (Å²) >= 11 is 0. The number of rotatable bonds is 6. The van der Waals surface area contributed by atoms with Gasteiger partial charge in [0.15, 0.2) is 0 Å². The number of carbonyl (C=O) groups is 2. The normalized spacial score (nSPS) is 11.6. The average Bonchev–Trinajstić information content (AvgIpc) is 3.19. The van der Waals surface area contributed by atoms with Crippen molar-refractivity contribution in [3.8, 4) is 5.69 Å². The summed E-state index contributed by atoms with van der Waals surface area (Å²) in [6.07, 6.45) is 3.05. The molecule has 3 aromatic rings. The molecule has 0 aliphatic rings. The molecule has 2 aromatic carbocycles. The van der Waals surface area contributed by atoms with Crippen LogP contribution in [0.25, 0.3) is 5.69 Å². The summed E-state index contributed by atoms with van der Waals surface area (Å²) in [5.41, 5.74) is 7.42. The monoisotopic (exact) mass is 363 g/mol. The maximum atomic E-state index is 12.7. The van der Waals surface area contributed by atoms with Gasteiger partial charge in [-0.15, -0.1) is 0 Å². The van der Waals surface area contributed by atoms with Crippen LogP contribution in [0.15, 0.2) is 73.2 Å². The van der Waals surface area contributed by atoms with E-state index in [0.717, 1.165) is 11.3 Å². The van der Waals surface area contributed by atoms with E-state index in [1.807, 2.05) is 60.7 Å². The van der Waals surface area contributed by atoms with E-state index < -0.39 is 6.04 Å². The zero-order valence-corrected chi connectivity index (χ0v) is 15.2. The fraction of sp³-hybridized carbons (Fsp3) is 0.150. The molecule has 2 N–H and O–H groups in total. The zero-order valence-electron chi connectivity index (χ0n) is 15.2. The number of hydrogen-bond donors (Lipinski definition) is 2. The predicted molar refractivity (Wildman–Crippen MR) is 102 cm³/mol. The Labute approximate surface area is 157 Å². The minimum absolute atomic E-state index is 0.168. The SMILES string of the molecule is CN(C)C(=O)[C@H](NNC(=O)c1cncn1-c1ccccc1)c1ccccc1. The number of amides is 2. The molecule has 0 aliphatic heterocycles. The molecular weight excluding hydrogens is 342 g/mol. The first-order valence-electron chi connectivity index (χ1n) is 8.47. The highest BCUT2D eigenvalue weighted by atomic mass is 16.2. The van der Waals surface area contributed by atoms with Crippen LogP contribution in [0.2, 0.25) is 0 Å². The Morgan fingerprint density at radius 1 is 1.00 bits per heavy atom. The van der Waals surface area contributed by atoms with Crippen molar-refractivity contribution in [2.75, 3.05) is 14.1 Å². The number of carbonyl (C=O) groups excluding carboxylic acids is 2. The quantitative estimate of drug-likeness (QED) is 0.656. The summed E-state index contributed by atoms with van der Waals surface area (Å²) in [5.74, 6) is -0.554. The smallest absolute Gasteiger partial charge is 0.284 e. The van der Waals surface area contributed by atoms with Gasteiger partial charge in [0, 0.05) is 19.8 Å². The highest BCUT2D eigenvalue weighted by molar-refractivity contribution is 5.93. The van der Waals surface area contributed by atoms with Crippen molar-refractivity contribution in [2.45, 2.75) is 6.04 Å². The predicted octanol–water partition coefficient (Wildman–Crippen LogP) is 1.94. The molecular formula is C20H21N5O2. The van der Waals surface area contributed by atoms with Crippen molar-refractivity contribution >= 4 is 11.8 Å². The topological polar surface area (TPSA) is 79.3 Å². The van der Waals surface area contributed by atoms with Crippen LogP contribution in [0, 0.1) is 0 Å². The van der Waals surface area contributed by atoms with Gasteiger partial charge in [-0.2, -0.15) is 0 Å². The Morgan fingerprint density at radius 3 is 2.26 bits per heavy atom. The van der Waals surface area contributed by atoms with Crippen molar-refractivity contribution in [3.63, 3.8) is 0 Å². The number of nitrogens with one attached hydrogen (secondary N) is 2. The summed E-state index contributed by atoms with van der Waals surface area (Å²) in [6.45, 7) is 0. The number of benzene rings is 2. The first-order chi connectivity index (χ1) is 13.1. The van der Waals surface area contributed by atoms with Crippen molar-refractivity contribution in [3.05, 3.63) is 84.4 Å². The third-order valence-corrected chi connectivity index (χ3v) is 4.06. The van der Waals surface area contributed by atoms with Crippen LogP contribution in [-0.4, -0.2) is 40.4 Å². The lowest BCUT2D eigenvalue weighted by Crippen LogP contribution is -2.46. The number of imidazole rings is 1. The van der Waals surface area contributed by atoms with E-state index in [1.54, 1.807) is 25.0 Å². The highest BCUT2D eigenvalue weighted by Gasteiger charge is 2.23. The van der Waals surface area contributed by atoms with E-state index in [0.29, 0.717) is 5.69 Å². The van der Waals surface area contributed by atoms with Gasteiger partial charge in [0.25, 0.3) is 5.91 Å². The Balaban J connectivity index is 1.78. The lowest BCUT2D eigenvalue weighted by molar-refractivity contribution is -0.131. The Hall–Kier alpha value is -3.45. The largest absolute Gasteiger partial charge is 0.347 e. The van der Waals surface area contributed by atoms with Crippen LogP contribution >= 0.6 is 0 Å². The lowest BCUT2D eigenvalue weighted by Gasteiger charge is -2.22. The first-order valence-corrected chi connectivity index (χ1v) is 8.47. The third-order valence-electron chi connectivity index (χ3n) is 4.06. The first kappa shape index (κ1) is 18.3. The van der Waals surface area contributed by atoms with Gasteiger partial charge in [0.05, 0.1) is 12.5 Å². The summed E-state index contributed by atoms with van der Waals surface area (Å²) < 4.78 is 1.68. The molecule has 3 rings (SSSR count). The molecule has 0 bridgehead atoms. The molecule has 1 atom stereocenters. The van der Waals surface area contributed by atoms with Crippen LogP contribution < -0.4 is 10.9 Å². The lowest BCUT2D eigenvalue weighted by atomic mass is 10.1. The molecule has 0 spiro atoms. The number of para-hydroxylation sites is 1. The number of hydrazine groups is 1. The summed E-state index contributed by atoms with van der Waals surface area (Å²) in [5, 5.41) is 0. The third kappa shape index (κ3) is 4.21.